The lowest BCUT2D eigenvalue weighted by Gasteiger charge is -2.21. The molecule has 0 radical (unpaired) electrons. The Hall–Kier alpha value is -1.94. The number of carbonyl (C=O) groups excluding carboxylic acids is 4. The molecule has 0 aromatic heterocycles. The molecule has 0 aliphatic rings. The molecule has 0 heterocycles. The molecule has 0 spiro atoms. The Labute approximate surface area is 498 Å². The summed E-state index contributed by atoms with van der Waals surface area (Å²) in [6, 6.07) is 0. The summed E-state index contributed by atoms with van der Waals surface area (Å²) < 4.78 is 67.9. The second kappa shape index (κ2) is 53.3. The Kier molecular flexibility index (Phi) is 52.0. The maximum Gasteiger partial charge on any atom is 0.472 e. The number of phosphoric ester groups is 2. The normalized spacial score (nSPS) is 14.5. The molecule has 0 aromatic rings. The zero-order valence-electron chi connectivity index (χ0n) is 53.1. The summed E-state index contributed by atoms with van der Waals surface area (Å²) in [6.07, 6.45) is 32.5. The topological polar surface area (TPSA) is 237 Å². The van der Waals surface area contributed by atoms with Gasteiger partial charge in [0.05, 0.1) is 26.4 Å². The summed E-state index contributed by atoms with van der Waals surface area (Å²) in [7, 11) is -9.88. The summed E-state index contributed by atoms with van der Waals surface area (Å²) >= 11 is 0. The molecule has 0 saturated carbocycles. The second-order valence-corrected chi connectivity index (χ2v) is 27.6. The van der Waals surface area contributed by atoms with Crippen molar-refractivity contribution in [2.45, 2.75) is 318 Å². The first-order chi connectivity index (χ1) is 39.1. The van der Waals surface area contributed by atoms with Crippen molar-refractivity contribution in [3.8, 4) is 0 Å². The average Bonchev–Trinajstić information content (AvgIpc) is 3.44. The number of unbranched alkanes of at least 4 members (excludes halogenated alkanes) is 26. The number of hydrogen-bond acceptors (Lipinski definition) is 15. The summed E-state index contributed by atoms with van der Waals surface area (Å²) in [6.45, 7) is 13.8. The number of aliphatic hydroxyl groups is 1. The maximum absolute atomic E-state index is 12.9. The van der Waals surface area contributed by atoms with Crippen molar-refractivity contribution in [1.29, 1.82) is 0 Å². The molecular weight excluding hydrogens is 1090 g/mol. The van der Waals surface area contributed by atoms with E-state index in [-0.39, 0.29) is 25.7 Å². The zero-order valence-corrected chi connectivity index (χ0v) is 54.9. The van der Waals surface area contributed by atoms with Crippen LogP contribution in [0.4, 0.5) is 0 Å². The molecule has 0 amide bonds. The van der Waals surface area contributed by atoms with E-state index in [0.717, 1.165) is 102 Å². The monoisotopic (exact) mass is 1210 g/mol. The van der Waals surface area contributed by atoms with E-state index in [0.29, 0.717) is 43.4 Å². The molecule has 0 fully saturated rings. The van der Waals surface area contributed by atoms with Gasteiger partial charge in [0.2, 0.25) is 0 Å². The van der Waals surface area contributed by atoms with Gasteiger partial charge in [-0.05, 0) is 49.4 Å². The Morgan fingerprint density at radius 3 is 0.756 bits per heavy atom. The predicted molar refractivity (Wildman–Crippen MR) is 326 cm³/mol. The lowest BCUT2D eigenvalue weighted by atomic mass is 10.0. The molecule has 0 bridgehead atoms. The summed E-state index contributed by atoms with van der Waals surface area (Å²) in [5, 5.41) is 10.5. The van der Waals surface area contributed by atoms with Crippen molar-refractivity contribution in [2.75, 3.05) is 39.6 Å². The summed E-state index contributed by atoms with van der Waals surface area (Å²) in [5.41, 5.74) is 0. The molecule has 3 N–H and O–H groups in total. The number of aliphatic hydroxyl groups excluding tert-OH is 1. The van der Waals surface area contributed by atoms with Crippen LogP contribution in [0.1, 0.15) is 299 Å². The van der Waals surface area contributed by atoms with Crippen LogP contribution >= 0.6 is 15.6 Å². The van der Waals surface area contributed by atoms with Crippen LogP contribution in [-0.2, 0) is 65.4 Å². The third-order valence-corrected chi connectivity index (χ3v) is 16.2. The van der Waals surface area contributed by atoms with Crippen LogP contribution in [0, 0.1) is 23.7 Å². The minimum atomic E-state index is -4.94. The van der Waals surface area contributed by atoms with Crippen LogP contribution in [0.15, 0.2) is 0 Å². The van der Waals surface area contributed by atoms with E-state index in [1.807, 2.05) is 0 Å². The molecule has 17 nitrogen and oxygen atoms in total. The van der Waals surface area contributed by atoms with Gasteiger partial charge < -0.3 is 33.8 Å². The Bertz CT molecular complexity index is 1640. The van der Waals surface area contributed by atoms with Crippen LogP contribution in [0.5, 0.6) is 0 Å². The van der Waals surface area contributed by atoms with E-state index in [1.54, 1.807) is 0 Å². The predicted octanol–water partition coefficient (Wildman–Crippen LogP) is 17.0. The zero-order chi connectivity index (χ0) is 61.1. The standard InChI is InChI=1S/C63H122O17P2/c1-53(2)39-31-23-15-12-10-9-11-13-17-27-35-43-60(65)73-49-59(80-63(68)46-38-30-22-20-26-34-42-56(7)8)52-78-82(71,72)76-48-57(64)47-75-81(69,70)77-51-58(50-74-61(66)44-36-28-21-19-25-33-41-55(5)6)79-62(67)45-37-29-18-14-16-24-32-40-54(3)4/h53-59,64H,9-52H2,1-8H3,(H,69,70)(H,71,72)/t57-,58+,59+/m0/s1. The van der Waals surface area contributed by atoms with Crippen molar-refractivity contribution in [1.82, 2.24) is 0 Å². The lowest BCUT2D eigenvalue weighted by molar-refractivity contribution is -0.161. The fourth-order valence-electron chi connectivity index (χ4n) is 9.25. The molecule has 0 aliphatic carbocycles. The first-order valence-electron chi connectivity index (χ1n) is 32.7. The SMILES string of the molecule is CC(C)CCCCCCCCCCCCCC(=O)OC[C@H](COP(=O)(O)OC[C@@H](O)COP(=O)(O)OC[C@@H](COC(=O)CCCCCCCCC(C)C)OC(=O)CCCCCCCCCC(C)C)OC(=O)CCCCCCCCC(C)C. The van der Waals surface area contributed by atoms with E-state index < -0.39 is 97.5 Å². The van der Waals surface area contributed by atoms with E-state index in [4.69, 9.17) is 37.0 Å². The van der Waals surface area contributed by atoms with Gasteiger partial charge in [-0.15, -0.1) is 0 Å². The van der Waals surface area contributed by atoms with Gasteiger partial charge in [-0.1, -0.05) is 248 Å². The molecule has 0 aromatic carbocycles. The highest BCUT2D eigenvalue weighted by molar-refractivity contribution is 7.47. The van der Waals surface area contributed by atoms with Gasteiger partial charge in [0.15, 0.2) is 12.2 Å². The molecule has 5 atom stereocenters. The minimum absolute atomic E-state index is 0.101. The number of phosphoric acid groups is 2. The van der Waals surface area contributed by atoms with E-state index in [2.05, 4.69) is 55.4 Å². The average molecular weight is 1210 g/mol. The van der Waals surface area contributed by atoms with Crippen LogP contribution in [0.25, 0.3) is 0 Å². The lowest BCUT2D eigenvalue weighted by Crippen LogP contribution is -2.30. The molecule has 486 valence electrons. The Morgan fingerprint density at radius 1 is 0.305 bits per heavy atom. The van der Waals surface area contributed by atoms with Gasteiger partial charge in [0.25, 0.3) is 0 Å². The van der Waals surface area contributed by atoms with E-state index in [9.17, 15) is 43.2 Å². The van der Waals surface area contributed by atoms with Gasteiger partial charge >= 0.3 is 39.5 Å². The molecule has 0 aliphatic heterocycles. The Morgan fingerprint density at radius 2 is 0.512 bits per heavy atom. The number of ether oxygens (including phenoxy) is 4. The molecular formula is C63H122O17P2. The van der Waals surface area contributed by atoms with Crippen LogP contribution < -0.4 is 0 Å². The van der Waals surface area contributed by atoms with Gasteiger partial charge in [-0.2, -0.15) is 0 Å². The Balaban J connectivity index is 5.21. The second-order valence-electron chi connectivity index (χ2n) is 24.7. The van der Waals surface area contributed by atoms with Crippen LogP contribution in [0.3, 0.4) is 0 Å². The minimum Gasteiger partial charge on any atom is -0.462 e. The number of rotatable bonds is 60. The first-order valence-corrected chi connectivity index (χ1v) is 35.7. The van der Waals surface area contributed by atoms with Crippen molar-refractivity contribution in [3.63, 3.8) is 0 Å². The van der Waals surface area contributed by atoms with Crippen LogP contribution in [0.2, 0.25) is 0 Å². The van der Waals surface area contributed by atoms with E-state index >= 15 is 0 Å². The van der Waals surface area contributed by atoms with Crippen LogP contribution in [-0.4, -0.2) is 96.7 Å². The fourth-order valence-corrected chi connectivity index (χ4v) is 10.8. The first kappa shape index (κ1) is 80.1. The quantitative estimate of drug-likeness (QED) is 0.0222. The van der Waals surface area contributed by atoms with Gasteiger partial charge in [0, 0.05) is 25.7 Å². The maximum atomic E-state index is 12.9. The number of esters is 4. The van der Waals surface area contributed by atoms with Gasteiger partial charge in [0.1, 0.15) is 19.3 Å². The van der Waals surface area contributed by atoms with Crippen molar-refractivity contribution in [2.24, 2.45) is 23.7 Å². The fraction of sp³-hybridized carbons (Fsp3) is 0.937. The van der Waals surface area contributed by atoms with Crippen molar-refractivity contribution < 1.29 is 80.2 Å². The highest BCUT2D eigenvalue weighted by Crippen LogP contribution is 2.45. The number of carbonyl (C=O) groups is 4. The molecule has 82 heavy (non-hydrogen) atoms. The van der Waals surface area contributed by atoms with Crippen molar-refractivity contribution >= 4 is 39.5 Å². The molecule has 0 saturated heterocycles. The summed E-state index contributed by atoms with van der Waals surface area (Å²) in [5.74, 6) is 0.669. The highest BCUT2D eigenvalue weighted by atomic mass is 31.2. The van der Waals surface area contributed by atoms with Gasteiger partial charge in [-0.3, -0.25) is 37.3 Å². The smallest absolute Gasteiger partial charge is 0.462 e. The number of hydrogen-bond donors (Lipinski definition) is 3. The van der Waals surface area contributed by atoms with Crippen molar-refractivity contribution in [3.05, 3.63) is 0 Å². The highest BCUT2D eigenvalue weighted by Gasteiger charge is 2.30. The van der Waals surface area contributed by atoms with E-state index in [1.165, 1.54) is 96.3 Å². The molecule has 0 rings (SSSR count). The third-order valence-electron chi connectivity index (χ3n) is 14.3. The molecule has 19 heteroatoms. The largest absolute Gasteiger partial charge is 0.472 e. The van der Waals surface area contributed by atoms with Gasteiger partial charge in [-0.25, -0.2) is 9.13 Å². The molecule has 2 unspecified atom stereocenters. The third kappa shape index (κ3) is 57.2. The summed E-state index contributed by atoms with van der Waals surface area (Å²) in [4.78, 5) is 72.1.